The van der Waals surface area contributed by atoms with Crippen LogP contribution in [0.15, 0.2) is 18.2 Å². The number of benzene rings is 1. The minimum absolute atomic E-state index is 0.309. The summed E-state index contributed by atoms with van der Waals surface area (Å²) < 4.78 is 13.7. The highest BCUT2D eigenvalue weighted by molar-refractivity contribution is 7.18. The number of nitrogens with zero attached hydrogens (tertiary/aromatic N) is 2. The molecule has 3 heterocycles. The van der Waals surface area contributed by atoms with E-state index in [-0.39, 0.29) is 18.3 Å². The van der Waals surface area contributed by atoms with Crippen LogP contribution >= 0.6 is 11.3 Å². The molecule has 5 rings (SSSR count). The van der Waals surface area contributed by atoms with Gasteiger partial charge in [0, 0.05) is 19.0 Å². The van der Waals surface area contributed by atoms with Crippen LogP contribution < -0.4 is 5.46 Å². The zero-order valence-electron chi connectivity index (χ0n) is 17.0. The van der Waals surface area contributed by atoms with Crippen molar-refractivity contribution >= 4 is 34.1 Å². The van der Waals surface area contributed by atoms with Gasteiger partial charge in [0.2, 0.25) is 0 Å². The summed E-state index contributed by atoms with van der Waals surface area (Å²) in [4.78, 5) is 7.41. The van der Waals surface area contributed by atoms with Crippen molar-refractivity contribution in [2.75, 3.05) is 20.1 Å². The average molecular weight is 384 g/mol. The summed E-state index contributed by atoms with van der Waals surface area (Å²) in [6, 6.07) is 6.49. The fraction of sp³-hybridized carbons (Fsp3) is 0.667. The fourth-order valence-electron chi connectivity index (χ4n) is 4.56. The molecule has 27 heavy (non-hydrogen) atoms. The Hall–Kier alpha value is -0.945. The van der Waals surface area contributed by atoms with Gasteiger partial charge in [-0.05, 0) is 77.0 Å². The molecule has 4 nitrogen and oxygen atoms in total. The largest absolute Gasteiger partial charge is 0.494 e. The second kappa shape index (κ2) is 6.02. The van der Waals surface area contributed by atoms with Gasteiger partial charge in [0.05, 0.1) is 26.4 Å². The summed E-state index contributed by atoms with van der Waals surface area (Å²) in [6.07, 6.45) is 2.64. The first-order chi connectivity index (χ1) is 12.7. The third kappa shape index (κ3) is 2.96. The monoisotopic (exact) mass is 384 g/mol. The zero-order valence-corrected chi connectivity index (χ0v) is 17.8. The van der Waals surface area contributed by atoms with Crippen LogP contribution in [0.2, 0.25) is 0 Å². The van der Waals surface area contributed by atoms with Gasteiger partial charge in [-0.1, -0.05) is 6.07 Å². The van der Waals surface area contributed by atoms with E-state index in [1.807, 2.05) is 11.3 Å². The van der Waals surface area contributed by atoms with Gasteiger partial charge >= 0.3 is 7.12 Å². The Morgan fingerprint density at radius 2 is 1.74 bits per heavy atom. The first-order valence-corrected chi connectivity index (χ1v) is 11.0. The molecule has 3 fully saturated rings. The molecule has 3 aliphatic rings. The minimum atomic E-state index is -0.312. The van der Waals surface area contributed by atoms with E-state index < -0.39 is 0 Å². The summed E-state index contributed by atoms with van der Waals surface area (Å²) in [7, 11) is 1.91. The van der Waals surface area contributed by atoms with E-state index in [4.69, 9.17) is 14.3 Å². The van der Waals surface area contributed by atoms with Crippen LogP contribution in [-0.2, 0) is 9.31 Å². The summed E-state index contributed by atoms with van der Waals surface area (Å²) in [5, 5.41) is 1.32. The number of hydrogen-bond donors (Lipinski definition) is 0. The van der Waals surface area contributed by atoms with Gasteiger partial charge in [-0.2, -0.15) is 0 Å². The Labute approximate surface area is 166 Å². The second-order valence-electron chi connectivity index (χ2n) is 9.78. The zero-order chi connectivity index (χ0) is 19.0. The predicted octanol–water partition coefficient (Wildman–Crippen LogP) is 3.65. The normalized spacial score (nSPS) is 30.5. The van der Waals surface area contributed by atoms with Crippen molar-refractivity contribution in [2.45, 2.75) is 57.7 Å². The molecular weight excluding hydrogens is 355 g/mol. The van der Waals surface area contributed by atoms with Crippen LogP contribution in [0.1, 0.15) is 51.5 Å². The van der Waals surface area contributed by atoms with Crippen molar-refractivity contribution in [1.82, 2.24) is 9.88 Å². The molecule has 144 valence electrons. The summed E-state index contributed by atoms with van der Waals surface area (Å²) in [5.74, 6) is 2.51. The van der Waals surface area contributed by atoms with Crippen LogP contribution in [0.5, 0.6) is 0 Å². The summed E-state index contributed by atoms with van der Waals surface area (Å²) in [5.41, 5.74) is 1.54. The molecule has 0 atom stereocenters. The lowest BCUT2D eigenvalue weighted by Crippen LogP contribution is -2.50. The Morgan fingerprint density at radius 3 is 2.37 bits per heavy atom. The van der Waals surface area contributed by atoms with Crippen molar-refractivity contribution in [3.63, 3.8) is 0 Å². The van der Waals surface area contributed by atoms with E-state index in [0.29, 0.717) is 5.92 Å². The molecule has 1 aromatic heterocycles. The smallest absolute Gasteiger partial charge is 0.399 e. The highest BCUT2D eigenvalue weighted by Crippen LogP contribution is 2.48. The van der Waals surface area contributed by atoms with Gasteiger partial charge in [0.15, 0.2) is 0 Å². The lowest BCUT2D eigenvalue weighted by molar-refractivity contribution is 0.00578. The number of aromatic nitrogens is 1. The molecule has 1 aromatic carbocycles. The van der Waals surface area contributed by atoms with Crippen LogP contribution in [0.25, 0.3) is 10.2 Å². The van der Waals surface area contributed by atoms with Crippen LogP contribution in [0, 0.1) is 11.8 Å². The van der Waals surface area contributed by atoms with Crippen molar-refractivity contribution in [3.05, 3.63) is 23.2 Å². The second-order valence-corrected chi connectivity index (χ2v) is 10.8. The standard InChI is InChI=1S/C21H29BN2O2S/c1-20(2)21(3,4)26-22(25-20)16-6-7-18-17(10-16)23-19(27-18)14-8-13(9-14)15-11-24(5)12-15/h6-7,10,13-15H,8-9,11-12H2,1-5H3. The van der Waals surface area contributed by atoms with E-state index in [1.54, 1.807) is 0 Å². The Bertz CT molecular complexity index is 852. The van der Waals surface area contributed by atoms with Crippen molar-refractivity contribution in [3.8, 4) is 0 Å². The van der Waals surface area contributed by atoms with E-state index in [0.717, 1.165) is 22.8 Å². The number of thiazole rings is 1. The molecule has 1 aliphatic carbocycles. The molecule has 6 heteroatoms. The average Bonchev–Trinajstić information content (AvgIpc) is 3.01. The third-order valence-corrected chi connectivity index (χ3v) is 8.44. The van der Waals surface area contributed by atoms with E-state index in [1.165, 1.54) is 35.6 Å². The fourth-order valence-corrected chi connectivity index (χ4v) is 5.63. The first-order valence-electron chi connectivity index (χ1n) is 10.2. The van der Waals surface area contributed by atoms with Gasteiger partial charge in [-0.3, -0.25) is 0 Å². The highest BCUT2D eigenvalue weighted by Gasteiger charge is 2.51. The molecule has 0 N–H and O–H groups in total. The van der Waals surface area contributed by atoms with Gasteiger partial charge in [0.1, 0.15) is 0 Å². The van der Waals surface area contributed by atoms with Gasteiger partial charge in [0.25, 0.3) is 0 Å². The molecule has 0 bridgehead atoms. The molecular formula is C21H29BN2O2S. The van der Waals surface area contributed by atoms with Gasteiger partial charge < -0.3 is 14.2 Å². The molecule has 0 spiro atoms. The Morgan fingerprint density at radius 1 is 1.07 bits per heavy atom. The summed E-state index contributed by atoms with van der Waals surface area (Å²) in [6.45, 7) is 11.0. The quantitative estimate of drug-likeness (QED) is 0.757. The highest BCUT2D eigenvalue weighted by atomic mass is 32.1. The van der Waals surface area contributed by atoms with Crippen LogP contribution in [0.4, 0.5) is 0 Å². The molecule has 0 amide bonds. The van der Waals surface area contributed by atoms with Gasteiger partial charge in [-0.15, -0.1) is 11.3 Å². The third-order valence-electron chi connectivity index (χ3n) is 7.24. The Balaban J connectivity index is 1.31. The van der Waals surface area contributed by atoms with Crippen molar-refractivity contribution in [1.29, 1.82) is 0 Å². The van der Waals surface area contributed by atoms with Crippen LogP contribution in [-0.4, -0.2) is 48.3 Å². The number of fused-ring (bicyclic) bond motifs is 1. The van der Waals surface area contributed by atoms with E-state index in [2.05, 4.69) is 57.8 Å². The lowest BCUT2D eigenvalue weighted by atomic mass is 9.66. The molecule has 2 aromatic rings. The maximum absolute atomic E-state index is 6.20. The van der Waals surface area contributed by atoms with E-state index in [9.17, 15) is 0 Å². The molecule has 2 saturated heterocycles. The number of likely N-dealkylation sites (tertiary alicyclic amines) is 1. The lowest BCUT2D eigenvalue weighted by Gasteiger charge is -2.47. The SMILES string of the molecule is CN1CC(C2CC(c3nc4cc(B5OC(C)(C)C(C)(C)O5)ccc4s3)C2)C1. The maximum Gasteiger partial charge on any atom is 0.494 e. The number of rotatable bonds is 3. The van der Waals surface area contributed by atoms with E-state index >= 15 is 0 Å². The van der Waals surface area contributed by atoms with Crippen molar-refractivity contribution in [2.24, 2.45) is 11.8 Å². The Kier molecular flexibility index (Phi) is 4.04. The minimum Gasteiger partial charge on any atom is -0.399 e. The van der Waals surface area contributed by atoms with Gasteiger partial charge in [-0.25, -0.2) is 4.98 Å². The van der Waals surface area contributed by atoms with Crippen LogP contribution in [0.3, 0.4) is 0 Å². The van der Waals surface area contributed by atoms with Crippen molar-refractivity contribution < 1.29 is 9.31 Å². The molecule has 0 radical (unpaired) electrons. The number of hydrogen-bond acceptors (Lipinski definition) is 5. The topological polar surface area (TPSA) is 34.6 Å². The maximum atomic E-state index is 6.20. The molecule has 0 unspecified atom stereocenters. The summed E-state index contributed by atoms with van der Waals surface area (Å²) >= 11 is 1.87. The molecule has 2 aliphatic heterocycles. The first kappa shape index (κ1) is 18.1. The molecule has 1 saturated carbocycles. The predicted molar refractivity (Wildman–Crippen MR) is 112 cm³/mol.